The molecule has 0 spiro atoms. The third-order valence-electron chi connectivity index (χ3n) is 2.80. The van der Waals surface area contributed by atoms with Crippen molar-refractivity contribution >= 4 is 10.0 Å². The molecule has 0 saturated carbocycles. The smallest absolute Gasteiger partial charge is 0.209 e. The fourth-order valence-corrected chi connectivity index (χ4v) is 2.48. The molecule has 0 aromatic heterocycles. The highest BCUT2D eigenvalue weighted by Gasteiger charge is 2.14. The summed E-state index contributed by atoms with van der Waals surface area (Å²) in [7, 11) is -3.35. The quantitative estimate of drug-likeness (QED) is 0.740. The average molecular weight is 270 g/mol. The Morgan fingerprint density at radius 2 is 1.83 bits per heavy atom. The van der Waals surface area contributed by atoms with Gasteiger partial charge in [-0.3, -0.25) is 0 Å². The van der Waals surface area contributed by atoms with E-state index in [0.29, 0.717) is 18.9 Å². The minimum atomic E-state index is -3.35. The molecule has 1 rings (SSSR count). The van der Waals surface area contributed by atoms with Crippen LogP contribution in [-0.4, -0.2) is 20.7 Å². The van der Waals surface area contributed by atoms with Crippen molar-refractivity contribution in [1.29, 1.82) is 0 Å². The summed E-state index contributed by atoms with van der Waals surface area (Å²) >= 11 is 0. The molecule has 1 atom stereocenters. The van der Waals surface area contributed by atoms with Crippen molar-refractivity contribution in [1.82, 2.24) is 5.32 Å². The molecule has 1 unspecified atom stereocenters. The zero-order valence-electron chi connectivity index (χ0n) is 11.0. The maximum Gasteiger partial charge on any atom is 0.209 e. The Hall–Kier alpha value is -0.910. The minimum Gasteiger partial charge on any atom is -0.310 e. The monoisotopic (exact) mass is 270 g/mol. The zero-order chi connectivity index (χ0) is 13.6. The second kappa shape index (κ2) is 6.87. The van der Waals surface area contributed by atoms with E-state index in [2.05, 4.69) is 31.3 Å². The highest BCUT2D eigenvalue weighted by Crippen LogP contribution is 2.20. The number of sulfonamides is 1. The molecule has 18 heavy (non-hydrogen) atoms. The molecule has 0 aliphatic carbocycles. The maximum atomic E-state index is 10.8. The van der Waals surface area contributed by atoms with Crippen LogP contribution in [0.1, 0.15) is 31.9 Å². The van der Waals surface area contributed by atoms with Crippen molar-refractivity contribution in [3.05, 3.63) is 35.9 Å². The summed E-state index contributed by atoms with van der Waals surface area (Å²) in [6, 6.07) is 10.4. The van der Waals surface area contributed by atoms with Gasteiger partial charge in [-0.05, 0) is 24.4 Å². The van der Waals surface area contributed by atoms with Gasteiger partial charge >= 0.3 is 0 Å². The second-order valence-electron chi connectivity index (χ2n) is 4.81. The van der Waals surface area contributed by atoms with Gasteiger partial charge < -0.3 is 5.32 Å². The van der Waals surface area contributed by atoms with Gasteiger partial charge in [0.1, 0.15) is 0 Å². The molecule has 0 aliphatic rings. The van der Waals surface area contributed by atoms with Crippen molar-refractivity contribution in [3.63, 3.8) is 0 Å². The van der Waals surface area contributed by atoms with Crippen LogP contribution in [0.15, 0.2) is 30.3 Å². The van der Waals surface area contributed by atoms with Crippen LogP contribution < -0.4 is 10.5 Å². The molecule has 0 saturated heterocycles. The first-order valence-electron chi connectivity index (χ1n) is 6.19. The Labute approximate surface area is 110 Å². The van der Waals surface area contributed by atoms with Gasteiger partial charge in [-0.1, -0.05) is 44.2 Å². The molecule has 3 N–H and O–H groups in total. The van der Waals surface area contributed by atoms with E-state index in [-0.39, 0.29) is 11.8 Å². The number of rotatable bonds is 7. The van der Waals surface area contributed by atoms with Crippen molar-refractivity contribution < 1.29 is 8.42 Å². The SMILES string of the molecule is CC(C)C(NCCCS(N)(=O)=O)c1ccccc1. The molecule has 102 valence electrons. The third kappa shape index (κ3) is 5.62. The standard InChI is InChI=1S/C13H22N2O2S/c1-11(2)13(12-7-4-3-5-8-12)15-9-6-10-18(14,16)17/h3-5,7-8,11,13,15H,6,9-10H2,1-2H3,(H2,14,16,17). The number of primary sulfonamides is 1. The first kappa shape index (κ1) is 15.1. The van der Waals surface area contributed by atoms with Gasteiger partial charge in [0.05, 0.1) is 5.75 Å². The Bertz CT molecular complexity index is 443. The molecule has 4 nitrogen and oxygen atoms in total. The fraction of sp³-hybridized carbons (Fsp3) is 0.538. The normalized spacial score (nSPS) is 13.8. The maximum absolute atomic E-state index is 10.8. The van der Waals surface area contributed by atoms with Crippen molar-refractivity contribution in [2.75, 3.05) is 12.3 Å². The van der Waals surface area contributed by atoms with Crippen LogP contribution in [0.25, 0.3) is 0 Å². The summed E-state index contributed by atoms with van der Waals surface area (Å²) in [4.78, 5) is 0. The summed E-state index contributed by atoms with van der Waals surface area (Å²) < 4.78 is 21.7. The van der Waals surface area contributed by atoms with E-state index >= 15 is 0 Å². The van der Waals surface area contributed by atoms with E-state index in [1.165, 1.54) is 5.56 Å². The van der Waals surface area contributed by atoms with Crippen LogP contribution in [-0.2, 0) is 10.0 Å². The lowest BCUT2D eigenvalue weighted by atomic mass is 9.96. The van der Waals surface area contributed by atoms with Crippen molar-refractivity contribution in [3.8, 4) is 0 Å². The molecule has 0 radical (unpaired) electrons. The van der Waals surface area contributed by atoms with Crippen LogP contribution in [0.5, 0.6) is 0 Å². The summed E-state index contributed by atoms with van der Waals surface area (Å²) in [5, 5.41) is 8.36. The molecule has 0 fully saturated rings. The molecule has 0 aliphatic heterocycles. The Morgan fingerprint density at radius 3 is 2.33 bits per heavy atom. The van der Waals surface area contributed by atoms with E-state index in [1.54, 1.807) is 0 Å². The van der Waals surface area contributed by atoms with Gasteiger partial charge in [0.15, 0.2) is 0 Å². The van der Waals surface area contributed by atoms with Gasteiger partial charge in [-0.15, -0.1) is 0 Å². The van der Waals surface area contributed by atoms with Crippen LogP contribution >= 0.6 is 0 Å². The average Bonchev–Trinajstić information content (AvgIpc) is 2.28. The van der Waals surface area contributed by atoms with E-state index in [0.717, 1.165) is 0 Å². The zero-order valence-corrected chi connectivity index (χ0v) is 11.8. The Kier molecular flexibility index (Phi) is 5.78. The van der Waals surface area contributed by atoms with E-state index in [1.807, 2.05) is 18.2 Å². The molecule has 5 heteroatoms. The van der Waals surface area contributed by atoms with Crippen molar-refractivity contribution in [2.45, 2.75) is 26.3 Å². The van der Waals surface area contributed by atoms with Gasteiger partial charge in [-0.25, -0.2) is 13.6 Å². The summed E-state index contributed by atoms with van der Waals surface area (Å²) in [6.07, 6.45) is 0.537. The topological polar surface area (TPSA) is 72.2 Å². The summed E-state index contributed by atoms with van der Waals surface area (Å²) in [5.74, 6) is 0.474. The molecule has 0 heterocycles. The minimum absolute atomic E-state index is 0.0274. The number of nitrogens with one attached hydrogen (secondary N) is 1. The molecule has 0 amide bonds. The van der Waals surface area contributed by atoms with Crippen LogP contribution in [0, 0.1) is 5.92 Å². The summed E-state index contributed by atoms with van der Waals surface area (Å²) in [6.45, 7) is 4.93. The predicted octanol–water partition coefficient (Wildman–Crippen LogP) is 1.65. The fourth-order valence-electron chi connectivity index (χ4n) is 1.93. The largest absolute Gasteiger partial charge is 0.310 e. The predicted molar refractivity (Wildman–Crippen MR) is 74.6 cm³/mol. The van der Waals surface area contributed by atoms with Gasteiger partial charge in [-0.2, -0.15) is 0 Å². The lowest BCUT2D eigenvalue weighted by Gasteiger charge is -2.23. The molecule has 0 bridgehead atoms. The van der Waals surface area contributed by atoms with E-state index in [4.69, 9.17) is 5.14 Å². The van der Waals surface area contributed by atoms with Gasteiger partial charge in [0.2, 0.25) is 10.0 Å². The molecular formula is C13H22N2O2S. The number of hydrogen-bond donors (Lipinski definition) is 2. The second-order valence-corrected chi connectivity index (χ2v) is 6.54. The number of benzene rings is 1. The summed E-state index contributed by atoms with van der Waals surface area (Å²) in [5.41, 5.74) is 1.23. The lowest BCUT2D eigenvalue weighted by Crippen LogP contribution is -2.28. The van der Waals surface area contributed by atoms with Crippen LogP contribution in [0.4, 0.5) is 0 Å². The van der Waals surface area contributed by atoms with Crippen molar-refractivity contribution in [2.24, 2.45) is 11.1 Å². The van der Waals surface area contributed by atoms with Gasteiger partial charge in [0.25, 0.3) is 0 Å². The van der Waals surface area contributed by atoms with E-state index in [9.17, 15) is 8.42 Å². The first-order valence-corrected chi connectivity index (χ1v) is 7.90. The number of hydrogen-bond acceptors (Lipinski definition) is 3. The Balaban J connectivity index is 2.50. The molecule has 1 aromatic carbocycles. The third-order valence-corrected chi connectivity index (χ3v) is 3.65. The molecule has 1 aromatic rings. The van der Waals surface area contributed by atoms with Gasteiger partial charge in [0, 0.05) is 6.04 Å². The Morgan fingerprint density at radius 1 is 1.22 bits per heavy atom. The lowest BCUT2D eigenvalue weighted by molar-refractivity contribution is 0.412. The highest BCUT2D eigenvalue weighted by atomic mass is 32.2. The highest BCUT2D eigenvalue weighted by molar-refractivity contribution is 7.89. The first-order chi connectivity index (χ1) is 8.40. The van der Waals surface area contributed by atoms with E-state index < -0.39 is 10.0 Å². The van der Waals surface area contributed by atoms with Crippen LogP contribution in [0.3, 0.4) is 0 Å². The number of nitrogens with two attached hydrogens (primary N) is 1. The molecular weight excluding hydrogens is 248 g/mol. The van der Waals surface area contributed by atoms with Crippen LogP contribution in [0.2, 0.25) is 0 Å².